The van der Waals surface area contributed by atoms with Crippen LogP contribution in [0.1, 0.15) is 82.3 Å². The van der Waals surface area contributed by atoms with Gasteiger partial charge in [-0.1, -0.05) is 19.9 Å². The summed E-state index contributed by atoms with van der Waals surface area (Å²) in [7, 11) is 1.76. The van der Waals surface area contributed by atoms with E-state index in [1.807, 2.05) is 6.92 Å². The van der Waals surface area contributed by atoms with Gasteiger partial charge in [0.05, 0.1) is 7.11 Å². The third kappa shape index (κ3) is 2.06. The van der Waals surface area contributed by atoms with E-state index in [2.05, 4.69) is 25.1 Å². The van der Waals surface area contributed by atoms with E-state index in [-0.39, 0.29) is 17.0 Å². The summed E-state index contributed by atoms with van der Waals surface area (Å²) in [5.41, 5.74) is 3.40. The number of aryl methyl sites for hydroxylation is 1. The van der Waals surface area contributed by atoms with E-state index in [9.17, 15) is 4.79 Å². The first kappa shape index (κ1) is 17.6. The lowest BCUT2D eigenvalue weighted by atomic mass is 9.48. The van der Waals surface area contributed by atoms with Gasteiger partial charge < -0.3 is 9.47 Å². The van der Waals surface area contributed by atoms with Crippen LogP contribution in [0.25, 0.3) is 0 Å². The highest BCUT2D eigenvalue weighted by Crippen LogP contribution is 2.78. The van der Waals surface area contributed by atoms with Gasteiger partial charge in [-0.3, -0.25) is 4.79 Å². The van der Waals surface area contributed by atoms with Crippen molar-refractivity contribution in [1.29, 1.82) is 0 Å². The van der Waals surface area contributed by atoms with Crippen LogP contribution in [0.5, 0.6) is 5.75 Å². The smallest absolute Gasteiger partial charge is 0.306 e. The molecule has 0 spiro atoms. The van der Waals surface area contributed by atoms with Gasteiger partial charge >= 0.3 is 5.97 Å². The lowest BCUT2D eigenvalue weighted by Crippen LogP contribution is -2.53. The Hall–Kier alpha value is -1.51. The second-order valence-corrected chi connectivity index (χ2v) is 9.67. The fourth-order valence-electron chi connectivity index (χ4n) is 7.90. The van der Waals surface area contributed by atoms with E-state index in [0.29, 0.717) is 17.8 Å². The molecule has 3 nitrogen and oxygen atoms in total. The predicted octanol–water partition coefficient (Wildman–Crippen LogP) is 5.41. The van der Waals surface area contributed by atoms with E-state index in [1.54, 1.807) is 12.7 Å². The number of carbonyl (C=O) groups is 1. The molecule has 3 atom stereocenters. The number of esters is 1. The van der Waals surface area contributed by atoms with Crippen molar-refractivity contribution in [2.24, 2.45) is 16.7 Å². The molecule has 4 aliphatic carbocycles. The van der Waals surface area contributed by atoms with E-state index >= 15 is 0 Å². The van der Waals surface area contributed by atoms with Crippen molar-refractivity contribution in [3.05, 3.63) is 29.3 Å². The first-order chi connectivity index (χ1) is 13.0. The van der Waals surface area contributed by atoms with Crippen molar-refractivity contribution in [3.8, 4) is 5.75 Å². The number of methoxy groups -OCH3 is 1. The minimum Gasteiger partial charge on any atom is -0.497 e. The maximum absolute atomic E-state index is 12.2. The summed E-state index contributed by atoms with van der Waals surface area (Å²) < 4.78 is 11.7. The van der Waals surface area contributed by atoms with Crippen LogP contribution in [0.2, 0.25) is 0 Å². The van der Waals surface area contributed by atoms with Gasteiger partial charge in [-0.2, -0.15) is 0 Å². The molecule has 3 heteroatoms. The molecular weight excluding hydrogens is 336 g/mol. The van der Waals surface area contributed by atoms with Crippen LogP contribution in [0, 0.1) is 16.7 Å². The minimum atomic E-state index is -0.189. The summed E-state index contributed by atoms with van der Waals surface area (Å²) in [6.45, 7) is 4.39. The van der Waals surface area contributed by atoms with Crippen molar-refractivity contribution in [1.82, 2.24) is 0 Å². The van der Waals surface area contributed by atoms with E-state index in [0.717, 1.165) is 30.9 Å². The number of carbonyl (C=O) groups excluding carboxylic acids is 1. The molecule has 4 aliphatic rings. The SMILES string of the molecule is CCC(=O)OC12CCC3(CC1)[C@@H]1CCc4cc(OC)ccc4[C@H]1CC[C@]23C. The topological polar surface area (TPSA) is 35.5 Å². The fraction of sp³-hybridized carbons (Fsp3) is 0.708. The molecule has 0 amide bonds. The Morgan fingerprint density at radius 1 is 1.15 bits per heavy atom. The molecule has 0 aromatic heterocycles. The Bertz CT molecular complexity index is 774. The standard InChI is InChI=1S/C24H32O3/c1-4-21(25)27-24-13-11-23(12-14-24)20-8-5-16-15-17(26-3)6-7-18(16)19(20)9-10-22(23,24)2/h6-7,15,19-20H,4-5,8-14H2,1-3H3/t19-,20-,22+,23?,24?/m1/s1. The molecule has 2 bridgehead atoms. The summed E-state index contributed by atoms with van der Waals surface area (Å²) >= 11 is 0. The van der Waals surface area contributed by atoms with Crippen LogP contribution in [0.4, 0.5) is 0 Å². The van der Waals surface area contributed by atoms with Gasteiger partial charge in [0.1, 0.15) is 11.4 Å². The van der Waals surface area contributed by atoms with Crippen LogP contribution in [0.3, 0.4) is 0 Å². The number of ether oxygens (including phenoxy) is 2. The number of hydrogen-bond acceptors (Lipinski definition) is 3. The van der Waals surface area contributed by atoms with Crippen molar-refractivity contribution < 1.29 is 14.3 Å². The number of rotatable bonds is 3. The summed E-state index contributed by atoms with van der Waals surface area (Å²) in [4.78, 5) is 12.2. The summed E-state index contributed by atoms with van der Waals surface area (Å²) in [5, 5.41) is 0. The molecule has 0 aliphatic heterocycles. The number of benzene rings is 1. The number of fused-ring (bicyclic) bond motifs is 3. The second kappa shape index (κ2) is 5.75. The highest BCUT2D eigenvalue weighted by Gasteiger charge is 2.75. The first-order valence-corrected chi connectivity index (χ1v) is 10.9. The van der Waals surface area contributed by atoms with Gasteiger partial charge in [-0.15, -0.1) is 0 Å². The summed E-state index contributed by atoms with van der Waals surface area (Å²) in [6, 6.07) is 6.73. The molecule has 3 saturated carbocycles. The molecule has 0 radical (unpaired) electrons. The average molecular weight is 369 g/mol. The highest BCUT2D eigenvalue weighted by molar-refractivity contribution is 5.69. The van der Waals surface area contributed by atoms with Crippen molar-refractivity contribution >= 4 is 5.97 Å². The zero-order valence-corrected chi connectivity index (χ0v) is 17.0. The summed E-state index contributed by atoms with van der Waals surface area (Å²) in [6.07, 6.45) is 9.99. The Kier molecular flexibility index (Phi) is 3.74. The zero-order valence-electron chi connectivity index (χ0n) is 17.0. The largest absolute Gasteiger partial charge is 0.497 e. The van der Waals surface area contributed by atoms with Gasteiger partial charge in [-0.25, -0.2) is 0 Å². The lowest BCUT2D eigenvalue weighted by Gasteiger charge is -2.57. The van der Waals surface area contributed by atoms with Crippen LogP contribution in [-0.2, 0) is 16.0 Å². The van der Waals surface area contributed by atoms with E-state index in [1.165, 1.54) is 37.7 Å². The molecule has 0 heterocycles. The first-order valence-electron chi connectivity index (χ1n) is 10.9. The molecule has 0 N–H and O–H groups in total. The molecule has 146 valence electrons. The molecule has 1 aromatic rings. The Morgan fingerprint density at radius 2 is 1.93 bits per heavy atom. The van der Waals surface area contributed by atoms with Gasteiger partial charge in [0.2, 0.25) is 0 Å². The quantitative estimate of drug-likeness (QED) is 0.670. The Labute approximate surface area is 162 Å². The maximum atomic E-state index is 12.2. The van der Waals surface area contributed by atoms with Gasteiger partial charge in [0.15, 0.2) is 0 Å². The van der Waals surface area contributed by atoms with E-state index in [4.69, 9.17) is 9.47 Å². The van der Waals surface area contributed by atoms with Gasteiger partial charge in [0, 0.05) is 11.8 Å². The third-order valence-corrected chi connectivity index (χ3v) is 9.28. The number of hydrogen-bond donors (Lipinski definition) is 0. The van der Waals surface area contributed by atoms with Crippen molar-refractivity contribution in [3.63, 3.8) is 0 Å². The highest BCUT2D eigenvalue weighted by atomic mass is 16.6. The Balaban J connectivity index is 1.52. The molecule has 0 saturated heterocycles. The molecule has 3 fully saturated rings. The summed E-state index contributed by atoms with van der Waals surface area (Å²) in [5.74, 6) is 2.39. The molecule has 27 heavy (non-hydrogen) atoms. The monoisotopic (exact) mass is 368 g/mol. The molecular formula is C24H32O3. The minimum absolute atomic E-state index is 0.00265. The average Bonchev–Trinajstić information content (AvgIpc) is 3.10. The third-order valence-electron chi connectivity index (χ3n) is 9.28. The van der Waals surface area contributed by atoms with Crippen LogP contribution in [-0.4, -0.2) is 18.7 Å². The molecule has 5 rings (SSSR count). The van der Waals surface area contributed by atoms with Crippen LogP contribution >= 0.6 is 0 Å². The van der Waals surface area contributed by atoms with E-state index < -0.39 is 0 Å². The zero-order chi connectivity index (χ0) is 18.9. The van der Waals surface area contributed by atoms with Crippen LogP contribution in [0.15, 0.2) is 18.2 Å². The van der Waals surface area contributed by atoms with Crippen molar-refractivity contribution in [2.75, 3.05) is 7.11 Å². The predicted molar refractivity (Wildman–Crippen MR) is 105 cm³/mol. The van der Waals surface area contributed by atoms with Crippen molar-refractivity contribution in [2.45, 2.75) is 83.2 Å². The Morgan fingerprint density at radius 3 is 2.63 bits per heavy atom. The van der Waals surface area contributed by atoms with Gasteiger partial charge in [-0.05, 0) is 91.9 Å². The molecule has 1 aromatic carbocycles. The van der Waals surface area contributed by atoms with Gasteiger partial charge in [0.25, 0.3) is 0 Å². The normalized spacial score (nSPS) is 41.4. The molecule has 0 unspecified atom stereocenters. The fourth-order valence-corrected chi connectivity index (χ4v) is 7.90. The lowest BCUT2D eigenvalue weighted by molar-refractivity contribution is -0.176. The maximum Gasteiger partial charge on any atom is 0.306 e. The second-order valence-electron chi connectivity index (χ2n) is 9.67. The van der Waals surface area contributed by atoms with Crippen LogP contribution < -0.4 is 4.74 Å².